The number of nitrogens with one attached hydrogen (secondary N) is 1. The summed E-state index contributed by atoms with van der Waals surface area (Å²) in [7, 11) is 0. The zero-order valence-corrected chi connectivity index (χ0v) is 21.5. The monoisotopic (exact) mass is 538 g/mol. The second-order valence-electron chi connectivity index (χ2n) is 10.1. The van der Waals surface area contributed by atoms with Crippen LogP contribution in [0.5, 0.6) is 11.5 Å². The van der Waals surface area contributed by atoms with E-state index in [1.807, 2.05) is 0 Å². The van der Waals surface area contributed by atoms with Crippen LogP contribution in [0.25, 0.3) is 0 Å². The van der Waals surface area contributed by atoms with Crippen molar-refractivity contribution < 1.29 is 34.5 Å². The number of hydrogen-bond donors (Lipinski definition) is 5. The average Bonchev–Trinajstić information content (AvgIpc) is 3.60. The smallest absolute Gasteiger partial charge is 0.326 e. The Labute approximate surface area is 226 Å². The molecule has 2 heterocycles. The lowest BCUT2D eigenvalue weighted by Gasteiger charge is -2.32. The summed E-state index contributed by atoms with van der Waals surface area (Å²) in [5, 5.41) is 31.4. The van der Waals surface area contributed by atoms with Crippen molar-refractivity contribution in [3.63, 3.8) is 0 Å². The number of nitrogens with two attached hydrogens (primary N) is 1. The Hall–Kier alpha value is -4.12. The fourth-order valence-corrected chi connectivity index (χ4v) is 5.29. The van der Waals surface area contributed by atoms with E-state index in [0.717, 1.165) is 5.56 Å². The van der Waals surface area contributed by atoms with E-state index in [2.05, 4.69) is 5.32 Å². The summed E-state index contributed by atoms with van der Waals surface area (Å²) in [6.07, 6.45) is 2.24. The molecule has 2 aromatic rings. The van der Waals surface area contributed by atoms with Crippen LogP contribution in [0.15, 0.2) is 48.5 Å². The number of phenols is 2. The highest BCUT2D eigenvalue weighted by Crippen LogP contribution is 2.26. The first-order valence-electron chi connectivity index (χ1n) is 13.1. The lowest BCUT2D eigenvalue weighted by molar-refractivity contribution is -0.152. The Morgan fingerprint density at radius 2 is 1.33 bits per heavy atom. The average molecular weight is 539 g/mol. The molecule has 11 nitrogen and oxygen atoms in total. The first-order chi connectivity index (χ1) is 18.6. The number of aromatic hydroxyl groups is 2. The molecule has 0 bridgehead atoms. The van der Waals surface area contributed by atoms with E-state index in [1.54, 1.807) is 24.3 Å². The van der Waals surface area contributed by atoms with Crippen LogP contribution < -0.4 is 11.1 Å². The molecule has 4 rings (SSSR count). The van der Waals surface area contributed by atoms with E-state index in [1.165, 1.54) is 34.1 Å². The molecule has 4 atom stereocenters. The number of hydrogen-bond acceptors (Lipinski definition) is 7. The number of carbonyl (C=O) groups is 4. The van der Waals surface area contributed by atoms with Crippen LogP contribution in [0.4, 0.5) is 0 Å². The van der Waals surface area contributed by atoms with Crippen LogP contribution in [0, 0.1) is 0 Å². The molecule has 2 aromatic carbocycles. The fourth-order valence-electron chi connectivity index (χ4n) is 5.29. The number of amides is 3. The van der Waals surface area contributed by atoms with Gasteiger partial charge in [-0.2, -0.15) is 0 Å². The van der Waals surface area contributed by atoms with Gasteiger partial charge in [0.15, 0.2) is 0 Å². The summed E-state index contributed by atoms with van der Waals surface area (Å²) in [5.74, 6) is -2.29. The molecule has 3 amide bonds. The van der Waals surface area contributed by atoms with Crippen LogP contribution in [0.3, 0.4) is 0 Å². The first-order valence-corrected chi connectivity index (χ1v) is 13.1. The number of likely N-dealkylation sites (tertiary alicyclic amines) is 2. The molecule has 0 aliphatic carbocycles. The first kappa shape index (κ1) is 27.9. The van der Waals surface area contributed by atoms with E-state index in [9.17, 15) is 34.5 Å². The standard InChI is InChI=1S/C28H34N4O7/c29-21(15-17-5-9-19(33)10-6-17)25(35)30-22(16-18-7-11-20(34)12-8-18)26(36)31-13-1-3-23(31)27(37)32-14-2-4-24(32)28(38)39/h5-12,21-24,33-34H,1-4,13-16,29H2,(H,30,35)(H,38,39). The number of carboxylic acids is 1. The number of rotatable bonds is 9. The van der Waals surface area contributed by atoms with Crippen LogP contribution in [0.2, 0.25) is 0 Å². The van der Waals surface area contributed by atoms with E-state index in [0.29, 0.717) is 44.3 Å². The Bertz CT molecular complexity index is 1200. The second-order valence-corrected chi connectivity index (χ2v) is 10.1. The van der Waals surface area contributed by atoms with E-state index < -0.39 is 42.0 Å². The molecule has 4 unspecified atom stereocenters. The van der Waals surface area contributed by atoms with Gasteiger partial charge in [-0.15, -0.1) is 0 Å². The summed E-state index contributed by atoms with van der Waals surface area (Å²) in [4.78, 5) is 54.7. The van der Waals surface area contributed by atoms with Crippen molar-refractivity contribution in [3.8, 4) is 11.5 Å². The maximum atomic E-state index is 13.8. The highest BCUT2D eigenvalue weighted by molar-refractivity contribution is 5.95. The number of aliphatic carboxylic acids is 1. The molecular weight excluding hydrogens is 504 g/mol. The molecule has 2 aliphatic rings. The molecular formula is C28H34N4O7. The molecule has 0 radical (unpaired) electrons. The van der Waals surface area contributed by atoms with Gasteiger partial charge in [0.05, 0.1) is 6.04 Å². The quantitative estimate of drug-likeness (QED) is 0.311. The Morgan fingerprint density at radius 3 is 1.90 bits per heavy atom. The third-order valence-corrected chi connectivity index (χ3v) is 7.36. The minimum Gasteiger partial charge on any atom is -0.508 e. The van der Waals surface area contributed by atoms with Gasteiger partial charge < -0.3 is 36.2 Å². The van der Waals surface area contributed by atoms with Crippen molar-refractivity contribution >= 4 is 23.7 Å². The molecule has 39 heavy (non-hydrogen) atoms. The third kappa shape index (κ3) is 6.66. The lowest BCUT2D eigenvalue weighted by Crippen LogP contribution is -2.57. The number of carbonyl (C=O) groups excluding carboxylic acids is 3. The molecule has 2 saturated heterocycles. The summed E-state index contributed by atoms with van der Waals surface area (Å²) in [6, 6.07) is 8.86. The zero-order valence-electron chi connectivity index (χ0n) is 21.5. The SMILES string of the molecule is NC(Cc1ccc(O)cc1)C(=O)NC(Cc1ccc(O)cc1)C(=O)N1CCCC1C(=O)N1CCCC1C(=O)O. The van der Waals surface area contributed by atoms with Gasteiger partial charge in [0, 0.05) is 19.5 Å². The van der Waals surface area contributed by atoms with Gasteiger partial charge in [-0.1, -0.05) is 24.3 Å². The predicted molar refractivity (Wildman–Crippen MR) is 141 cm³/mol. The van der Waals surface area contributed by atoms with Gasteiger partial charge in [0.25, 0.3) is 0 Å². The zero-order chi connectivity index (χ0) is 28.1. The summed E-state index contributed by atoms with van der Waals surface area (Å²) in [5.41, 5.74) is 7.58. The van der Waals surface area contributed by atoms with Crippen LogP contribution >= 0.6 is 0 Å². The number of phenolic OH excluding ortho intramolecular Hbond substituents is 2. The molecule has 2 aliphatic heterocycles. The van der Waals surface area contributed by atoms with Crippen molar-refractivity contribution in [1.82, 2.24) is 15.1 Å². The largest absolute Gasteiger partial charge is 0.508 e. The van der Waals surface area contributed by atoms with Crippen molar-refractivity contribution in [3.05, 3.63) is 59.7 Å². The van der Waals surface area contributed by atoms with Crippen molar-refractivity contribution in [2.45, 2.75) is 62.7 Å². The molecule has 2 fully saturated rings. The maximum absolute atomic E-state index is 13.8. The Morgan fingerprint density at radius 1 is 0.821 bits per heavy atom. The summed E-state index contributed by atoms with van der Waals surface area (Å²) in [6.45, 7) is 0.635. The second kappa shape index (κ2) is 12.2. The maximum Gasteiger partial charge on any atom is 0.326 e. The fraction of sp³-hybridized carbons (Fsp3) is 0.429. The lowest BCUT2D eigenvalue weighted by atomic mass is 10.0. The van der Waals surface area contributed by atoms with Gasteiger partial charge in [-0.25, -0.2) is 4.79 Å². The molecule has 6 N–H and O–H groups in total. The van der Waals surface area contributed by atoms with Gasteiger partial charge in [-0.3, -0.25) is 14.4 Å². The van der Waals surface area contributed by atoms with E-state index in [4.69, 9.17) is 5.73 Å². The van der Waals surface area contributed by atoms with Crippen LogP contribution in [-0.2, 0) is 32.0 Å². The summed E-state index contributed by atoms with van der Waals surface area (Å²) < 4.78 is 0. The minimum atomic E-state index is -1.06. The number of carboxylic acid groups (broad SMARTS) is 1. The van der Waals surface area contributed by atoms with Gasteiger partial charge in [0.2, 0.25) is 17.7 Å². The number of benzene rings is 2. The normalized spacial score (nSPS) is 20.4. The predicted octanol–water partition coefficient (Wildman–Crippen LogP) is 0.762. The highest BCUT2D eigenvalue weighted by atomic mass is 16.4. The molecule has 0 saturated carbocycles. The molecule has 208 valence electrons. The van der Waals surface area contributed by atoms with Crippen LogP contribution in [0.1, 0.15) is 36.8 Å². The van der Waals surface area contributed by atoms with Crippen molar-refractivity contribution in [2.75, 3.05) is 13.1 Å². The van der Waals surface area contributed by atoms with Gasteiger partial charge in [0.1, 0.15) is 29.6 Å². The highest BCUT2D eigenvalue weighted by Gasteiger charge is 2.43. The molecule has 0 aromatic heterocycles. The minimum absolute atomic E-state index is 0.0605. The van der Waals surface area contributed by atoms with E-state index >= 15 is 0 Å². The Balaban J connectivity index is 1.51. The number of nitrogens with zero attached hydrogens (tertiary/aromatic N) is 2. The molecule has 11 heteroatoms. The topological polar surface area (TPSA) is 174 Å². The van der Waals surface area contributed by atoms with Gasteiger partial charge in [-0.05, 0) is 67.5 Å². The summed E-state index contributed by atoms with van der Waals surface area (Å²) >= 11 is 0. The third-order valence-electron chi connectivity index (χ3n) is 7.36. The van der Waals surface area contributed by atoms with Crippen molar-refractivity contribution in [2.24, 2.45) is 5.73 Å². The van der Waals surface area contributed by atoms with Crippen molar-refractivity contribution in [1.29, 1.82) is 0 Å². The van der Waals surface area contributed by atoms with Gasteiger partial charge >= 0.3 is 5.97 Å². The van der Waals surface area contributed by atoms with E-state index in [-0.39, 0.29) is 30.2 Å². The molecule has 0 spiro atoms. The Kier molecular flexibility index (Phi) is 8.70. The van der Waals surface area contributed by atoms with Crippen LogP contribution in [-0.4, -0.2) is 86.1 Å².